The van der Waals surface area contributed by atoms with Crippen molar-refractivity contribution in [3.8, 4) is 5.75 Å². The summed E-state index contributed by atoms with van der Waals surface area (Å²) in [6.07, 6.45) is 1.74. The quantitative estimate of drug-likeness (QED) is 0.832. The van der Waals surface area contributed by atoms with E-state index >= 15 is 0 Å². The molecule has 1 atom stereocenters. The van der Waals surface area contributed by atoms with Crippen LogP contribution in [0.2, 0.25) is 5.15 Å². The molecule has 1 aromatic heterocycles. The summed E-state index contributed by atoms with van der Waals surface area (Å²) in [7, 11) is 0. The highest BCUT2D eigenvalue weighted by molar-refractivity contribution is 6.32. The van der Waals surface area contributed by atoms with E-state index in [1.807, 2.05) is 31.2 Å². The van der Waals surface area contributed by atoms with Crippen LogP contribution in [0, 0.1) is 0 Å². The number of fused-ring (bicyclic) bond motifs is 1. The summed E-state index contributed by atoms with van der Waals surface area (Å²) in [4.78, 5) is 30.3. The molecular formula is C18H18ClN3O3. The zero-order chi connectivity index (χ0) is 17.8. The molecule has 25 heavy (non-hydrogen) atoms. The molecule has 0 saturated heterocycles. The van der Waals surface area contributed by atoms with Gasteiger partial charge in [0.05, 0.1) is 11.4 Å². The first-order chi connectivity index (χ1) is 12.1. The van der Waals surface area contributed by atoms with Crippen LogP contribution in [-0.2, 0) is 9.59 Å². The number of aromatic nitrogens is 1. The molecule has 6 nitrogen and oxygen atoms in total. The van der Waals surface area contributed by atoms with Crippen LogP contribution in [-0.4, -0.2) is 29.4 Å². The van der Waals surface area contributed by atoms with Crippen molar-refractivity contribution in [3.05, 3.63) is 47.7 Å². The fourth-order valence-corrected chi connectivity index (χ4v) is 2.84. The van der Waals surface area contributed by atoms with E-state index < -0.39 is 6.10 Å². The summed E-state index contributed by atoms with van der Waals surface area (Å²) >= 11 is 5.94. The molecule has 1 unspecified atom stereocenters. The lowest BCUT2D eigenvalue weighted by atomic mass is 10.1. The molecule has 3 rings (SSSR count). The van der Waals surface area contributed by atoms with E-state index in [9.17, 15) is 9.59 Å². The summed E-state index contributed by atoms with van der Waals surface area (Å²) in [6.45, 7) is 2.16. The molecule has 7 heteroatoms. The SMILES string of the molecule is CCC1Oc2ccccc2N(CCC(=O)Nc2cccnc2Cl)C1=O. The smallest absolute Gasteiger partial charge is 0.268 e. The van der Waals surface area contributed by atoms with Gasteiger partial charge >= 0.3 is 0 Å². The number of anilines is 2. The van der Waals surface area contributed by atoms with E-state index in [1.165, 1.54) is 0 Å². The highest BCUT2D eigenvalue weighted by atomic mass is 35.5. The Morgan fingerprint density at radius 1 is 1.32 bits per heavy atom. The van der Waals surface area contributed by atoms with Crippen LogP contribution < -0.4 is 15.0 Å². The number of nitrogens with one attached hydrogen (secondary N) is 1. The Balaban J connectivity index is 1.70. The van der Waals surface area contributed by atoms with Crippen LogP contribution in [0.15, 0.2) is 42.6 Å². The number of rotatable bonds is 5. The number of ether oxygens (including phenoxy) is 1. The molecule has 0 saturated carbocycles. The van der Waals surface area contributed by atoms with E-state index in [-0.39, 0.29) is 29.9 Å². The van der Waals surface area contributed by atoms with Crippen LogP contribution in [0.1, 0.15) is 19.8 Å². The van der Waals surface area contributed by atoms with Crippen LogP contribution in [0.3, 0.4) is 0 Å². The predicted octanol–water partition coefficient (Wildman–Crippen LogP) is 3.27. The van der Waals surface area contributed by atoms with Gasteiger partial charge in [0.25, 0.3) is 5.91 Å². The van der Waals surface area contributed by atoms with Crippen molar-refractivity contribution in [2.45, 2.75) is 25.9 Å². The van der Waals surface area contributed by atoms with Crippen molar-refractivity contribution in [3.63, 3.8) is 0 Å². The number of pyridine rings is 1. The average Bonchev–Trinajstić information content (AvgIpc) is 2.62. The molecule has 2 heterocycles. The van der Waals surface area contributed by atoms with Crippen molar-refractivity contribution in [1.82, 2.24) is 4.98 Å². The van der Waals surface area contributed by atoms with Crippen molar-refractivity contribution >= 4 is 34.8 Å². The second-order valence-corrected chi connectivity index (χ2v) is 5.97. The zero-order valence-electron chi connectivity index (χ0n) is 13.7. The minimum atomic E-state index is -0.522. The predicted molar refractivity (Wildman–Crippen MR) is 96.0 cm³/mol. The second-order valence-electron chi connectivity index (χ2n) is 5.61. The molecule has 0 spiro atoms. The zero-order valence-corrected chi connectivity index (χ0v) is 14.5. The average molecular weight is 360 g/mol. The maximum atomic E-state index is 12.6. The minimum absolute atomic E-state index is 0.131. The highest BCUT2D eigenvalue weighted by Crippen LogP contribution is 2.34. The molecule has 0 radical (unpaired) electrons. The van der Waals surface area contributed by atoms with Gasteiger partial charge in [-0.15, -0.1) is 0 Å². The fourth-order valence-electron chi connectivity index (χ4n) is 2.67. The summed E-state index contributed by atoms with van der Waals surface area (Å²) < 4.78 is 5.72. The number of carbonyl (C=O) groups is 2. The Morgan fingerprint density at radius 3 is 2.88 bits per heavy atom. The Kier molecular flexibility index (Phi) is 5.19. The molecule has 1 aliphatic heterocycles. The first-order valence-electron chi connectivity index (χ1n) is 8.07. The van der Waals surface area contributed by atoms with Gasteiger partial charge < -0.3 is 15.0 Å². The monoisotopic (exact) mass is 359 g/mol. The van der Waals surface area contributed by atoms with Gasteiger partial charge in [-0.2, -0.15) is 0 Å². The molecule has 1 aliphatic rings. The fraction of sp³-hybridized carbons (Fsp3) is 0.278. The van der Waals surface area contributed by atoms with Crippen LogP contribution in [0.25, 0.3) is 0 Å². The number of hydrogen-bond donors (Lipinski definition) is 1. The minimum Gasteiger partial charge on any atom is -0.478 e. The van der Waals surface area contributed by atoms with Gasteiger partial charge in [0, 0.05) is 19.2 Å². The number of amides is 2. The number of carbonyl (C=O) groups excluding carboxylic acids is 2. The van der Waals surface area contributed by atoms with Gasteiger partial charge in [0.15, 0.2) is 11.3 Å². The maximum absolute atomic E-state index is 12.6. The first-order valence-corrected chi connectivity index (χ1v) is 8.45. The Hall–Kier alpha value is -2.60. The second kappa shape index (κ2) is 7.53. The van der Waals surface area contributed by atoms with Gasteiger partial charge in [-0.3, -0.25) is 9.59 Å². The number of halogens is 1. The van der Waals surface area contributed by atoms with Gasteiger partial charge in [0.1, 0.15) is 5.75 Å². The van der Waals surface area contributed by atoms with Crippen LogP contribution in [0.4, 0.5) is 11.4 Å². The number of hydrogen-bond acceptors (Lipinski definition) is 4. The van der Waals surface area contributed by atoms with E-state index in [4.69, 9.17) is 16.3 Å². The van der Waals surface area contributed by atoms with Crippen LogP contribution >= 0.6 is 11.6 Å². The van der Waals surface area contributed by atoms with E-state index in [1.54, 1.807) is 23.2 Å². The standard InChI is InChI=1S/C18H18ClN3O3/c1-2-14-18(24)22(13-7-3-4-8-15(13)25-14)11-9-16(23)21-12-6-5-10-20-17(12)19/h3-8,10,14H,2,9,11H2,1H3,(H,21,23). The lowest BCUT2D eigenvalue weighted by Gasteiger charge is -2.33. The number of nitrogens with zero attached hydrogens (tertiary/aromatic N) is 2. The third-order valence-electron chi connectivity index (χ3n) is 3.93. The van der Waals surface area contributed by atoms with Crippen molar-refractivity contribution < 1.29 is 14.3 Å². The molecule has 0 bridgehead atoms. The molecule has 2 aromatic rings. The lowest BCUT2D eigenvalue weighted by molar-refractivity contribution is -0.126. The molecule has 2 amide bonds. The van der Waals surface area contributed by atoms with Crippen LogP contribution in [0.5, 0.6) is 5.75 Å². The maximum Gasteiger partial charge on any atom is 0.268 e. The van der Waals surface area contributed by atoms with Gasteiger partial charge in [-0.05, 0) is 30.7 Å². The summed E-state index contributed by atoms with van der Waals surface area (Å²) in [5.41, 5.74) is 1.14. The normalized spacial score (nSPS) is 16.2. The van der Waals surface area contributed by atoms with Crippen molar-refractivity contribution in [2.75, 3.05) is 16.8 Å². The largest absolute Gasteiger partial charge is 0.478 e. The van der Waals surface area contributed by atoms with Gasteiger partial charge in [-0.25, -0.2) is 4.98 Å². The topological polar surface area (TPSA) is 71.5 Å². The molecule has 1 N–H and O–H groups in total. The Labute approximate surface area is 150 Å². The number of benzene rings is 1. The Bertz CT molecular complexity index is 797. The Morgan fingerprint density at radius 2 is 2.12 bits per heavy atom. The third kappa shape index (κ3) is 3.74. The molecular weight excluding hydrogens is 342 g/mol. The third-order valence-corrected chi connectivity index (χ3v) is 4.23. The van der Waals surface area contributed by atoms with Crippen molar-refractivity contribution in [2.24, 2.45) is 0 Å². The van der Waals surface area contributed by atoms with Gasteiger partial charge in [-0.1, -0.05) is 30.7 Å². The lowest BCUT2D eigenvalue weighted by Crippen LogP contribution is -2.46. The highest BCUT2D eigenvalue weighted by Gasteiger charge is 2.33. The molecule has 1 aromatic carbocycles. The first kappa shape index (κ1) is 17.2. The van der Waals surface area contributed by atoms with Crippen molar-refractivity contribution in [1.29, 1.82) is 0 Å². The molecule has 0 aliphatic carbocycles. The van der Waals surface area contributed by atoms with E-state index in [0.29, 0.717) is 23.5 Å². The summed E-state index contributed by atoms with van der Waals surface area (Å²) in [5, 5.41) is 2.94. The van der Waals surface area contributed by atoms with E-state index in [0.717, 1.165) is 0 Å². The summed E-state index contributed by atoms with van der Waals surface area (Å²) in [6, 6.07) is 10.7. The summed E-state index contributed by atoms with van der Waals surface area (Å²) in [5.74, 6) is 0.290. The molecule has 130 valence electrons. The number of para-hydroxylation sites is 2. The van der Waals surface area contributed by atoms with E-state index in [2.05, 4.69) is 10.3 Å². The van der Waals surface area contributed by atoms with Gasteiger partial charge in [0.2, 0.25) is 5.91 Å². The molecule has 0 fully saturated rings.